The maximum atomic E-state index is 6.29. The van der Waals surface area contributed by atoms with Crippen LogP contribution in [0.15, 0.2) is 73.1 Å². The third-order valence-electron chi connectivity index (χ3n) is 7.18. The molecule has 35 heavy (non-hydrogen) atoms. The average molecular weight is 483 g/mol. The number of halogens is 1. The van der Waals surface area contributed by atoms with Gasteiger partial charge in [-0.25, -0.2) is 0 Å². The van der Waals surface area contributed by atoms with E-state index < -0.39 is 0 Å². The number of hydrogen-bond donors (Lipinski definition) is 0. The van der Waals surface area contributed by atoms with E-state index in [4.69, 9.17) is 21.3 Å². The van der Waals surface area contributed by atoms with Gasteiger partial charge in [-0.3, -0.25) is 4.40 Å². The number of anilines is 3. The number of benzene rings is 3. The lowest BCUT2D eigenvalue weighted by atomic mass is 9.78. The van der Waals surface area contributed by atoms with Crippen LogP contribution in [0.25, 0.3) is 27.8 Å². The molecule has 7 rings (SSSR count). The van der Waals surface area contributed by atoms with Gasteiger partial charge in [0.2, 0.25) is 0 Å². The minimum absolute atomic E-state index is 0.413. The van der Waals surface area contributed by atoms with E-state index in [9.17, 15) is 0 Å². The fourth-order valence-electron chi connectivity index (χ4n) is 5.18. The van der Waals surface area contributed by atoms with Gasteiger partial charge in [-0.2, -0.15) is 4.98 Å². The molecule has 4 heterocycles. The van der Waals surface area contributed by atoms with Crippen LogP contribution < -0.4 is 9.80 Å². The zero-order chi connectivity index (χ0) is 23.6. The second-order valence-electron chi connectivity index (χ2n) is 9.60. The summed E-state index contributed by atoms with van der Waals surface area (Å²) in [6.45, 7) is 4.00. The molecule has 8 heteroatoms. The monoisotopic (exact) mass is 482 g/mol. The third-order valence-corrected chi connectivity index (χ3v) is 7.42. The van der Waals surface area contributed by atoms with Crippen molar-refractivity contribution in [2.45, 2.75) is 0 Å². The molecule has 0 atom stereocenters. The fraction of sp³-hybridized carbons (Fsp3) is 0.222. The zero-order valence-corrected chi connectivity index (χ0v) is 20.0. The molecule has 0 N–H and O–H groups in total. The summed E-state index contributed by atoms with van der Waals surface area (Å²) < 4.78 is 7.26. The van der Waals surface area contributed by atoms with Gasteiger partial charge >= 0.3 is 0 Å². The number of aromatic nitrogens is 4. The number of rotatable bonds is 4. The van der Waals surface area contributed by atoms with E-state index in [0.29, 0.717) is 16.2 Å². The van der Waals surface area contributed by atoms with E-state index in [-0.39, 0.29) is 0 Å². The molecule has 2 aliphatic heterocycles. The lowest BCUT2D eigenvalue weighted by molar-refractivity contribution is -0.127. The molecule has 2 aromatic heterocycles. The number of nitrogens with zero attached hydrogens (tertiary/aromatic N) is 6. The first-order valence-electron chi connectivity index (χ1n) is 11.6. The molecule has 0 unspecified atom stereocenters. The Morgan fingerprint density at radius 2 is 1.80 bits per heavy atom. The Balaban J connectivity index is 1.21. The number of fused-ring (bicyclic) bond motifs is 3. The van der Waals surface area contributed by atoms with Crippen molar-refractivity contribution in [3.63, 3.8) is 0 Å². The lowest BCUT2D eigenvalue weighted by Gasteiger charge is -2.56. The van der Waals surface area contributed by atoms with Crippen molar-refractivity contribution in [2.75, 3.05) is 43.2 Å². The van der Waals surface area contributed by atoms with Gasteiger partial charge in [0.1, 0.15) is 12.1 Å². The maximum Gasteiger partial charge on any atom is 0.257 e. The molecule has 2 saturated heterocycles. The molecule has 0 saturated carbocycles. The summed E-state index contributed by atoms with van der Waals surface area (Å²) in [7, 11) is 2.02. The molecule has 174 valence electrons. The standard InChI is InChI=1S/C27H23ClN6O/c1-32(25-23-10-7-20(28)12-24(23)34-17-29-31-26(34)30-25)22-4-2-3-19(11-22)18-5-8-21(9-6-18)33-13-27(14-33)15-35-16-27/h2-12,17H,13-16H2,1H3. The van der Waals surface area contributed by atoms with Gasteiger partial charge < -0.3 is 14.5 Å². The van der Waals surface area contributed by atoms with Crippen LogP contribution in [0.5, 0.6) is 0 Å². The van der Waals surface area contributed by atoms with Crippen LogP contribution in [-0.2, 0) is 4.74 Å². The predicted molar refractivity (Wildman–Crippen MR) is 139 cm³/mol. The highest BCUT2D eigenvalue weighted by atomic mass is 35.5. The average Bonchev–Trinajstić information content (AvgIpc) is 3.31. The van der Waals surface area contributed by atoms with Crippen molar-refractivity contribution >= 4 is 45.5 Å². The summed E-state index contributed by atoms with van der Waals surface area (Å²) in [5.41, 5.74) is 5.98. The van der Waals surface area contributed by atoms with Crippen LogP contribution in [0.2, 0.25) is 5.02 Å². The van der Waals surface area contributed by atoms with Crippen molar-refractivity contribution < 1.29 is 4.74 Å². The molecular weight excluding hydrogens is 460 g/mol. The summed E-state index contributed by atoms with van der Waals surface area (Å²) >= 11 is 6.29. The fourth-order valence-corrected chi connectivity index (χ4v) is 5.35. The Morgan fingerprint density at radius 1 is 0.971 bits per heavy atom. The molecule has 0 amide bonds. The van der Waals surface area contributed by atoms with E-state index in [1.807, 2.05) is 29.6 Å². The third kappa shape index (κ3) is 3.34. The summed E-state index contributed by atoms with van der Waals surface area (Å²) in [5, 5.41) is 9.84. The van der Waals surface area contributed by atoms with Gasteiger partial charge in [-0.15, -0.1) is 10.2 Å². The quantitative estimate of drug-likeness (QED) is 0.351. The van der Waals surface area contributed by atoms with E-state index in [1.165, 1.54) is 11.3 Å². The molecule has 7 nitrogen and oxygen atoms in total. The summed E-state index contributed by atoms with van der Waals surface area (Å²) in [6, 6.07) is 23.1. The Hall–Kier alpha value is -3.68. The topological polar surface area (TPSA) is 58.8 Å². The highest BCUT2D eigenvalue weighted by Crippen LogP contribution is 2.40. The lowest BCUT2D eigenvalue weighted by Crippen LogP contribution is -2.66. The summed E-state index contributed by atoms with van der Waals surface area (Å²) in [6.07, 6.45) is 1.66. The van der Waals surface area contributed by atoms with Crippen LogP contribution >= 0.6 is 11.6 Å². The van der Waals surface area contributed by atoms with Crippen molar-refractivity contribution in [3.8, 4) is 11.1 Å². The van der Waals surface area contributed by atoms with Gasteiger partial charge in [-0.05, 0) is 53.6 Å². The van der Waals surface area contributed by atoms with Crippen LogP contribution in [0.3, 0.4) is 0 Å². The maximum absolute atomic E-state index is 6.29. The molecule has 1 spiro atoms. The van der Waals surface area contributed by atoms with Crippen molar-refractivity contribution in [1.82, 2.24) is 19.6 Å². The van der Waals surface area contributed by atoms with Gasteiger partial charge in [0, 0.05) is 41.9 Å². The summed E-state index contributed by atoms with van der Waals surface area (Å²) in [4.78, 5) is 9.32. The van der Waals surface area contributed by atoms with E-state index in [2.05, 4.69) is 68.5 Å². The largest absolute Gasteiger partial charge is 0.380 e. The molecule has 5 aromatic rings. The molecule has 3 aromatic carbocycles. The zero-order valence-electron chi connectivity index (χ0n) is 19.2. The van der Waals surface area contributed by atoms with Crippen LogP contribution in [0, 0.1) is 5.41 Å². The van der Waals surface area contributed by atoms with Gasteiger partial charge in [-0.1, -0.05) is 35.9 Å². The van der Waals surface area contributed by atoms with Crippen LogP contribution in [0.4, 0.5) is 17.2 Å². The first-order valence-corrected chi connectivity index (χ1v) is 12.0. The first-order chi connectivity index (χ1) is 17.1. The Kier molecular flexibility index (Phi) is 4.53. The number of ether oxygens (including phenoxy) is 1. The van der Waals surface area contributed by atoms with Gasteiger partial charge in [0.15, 0.2) is 0 Å². The highest BCUT2D eigenvalue weighted by Gasteiger charge is 2.48. The Bertz CT molecular complexity index is 1570. The number of hydrogen-bond acceptors (Lipinski definition) is 6. The smallest absolute Gasteiger partial charge is 0.257 e. The Labute approximate surface area is 207 Å². The molecule has 0 aliphatic carbocycles. The van der Waals surface area contributed by atoms with E-state index >= 15 is 0 Å². The molecule has 0 bridgehead atoms. The normalized spacial score (nSPS) is 16.5. The molecule has 2 aliphatic rings. The van der Waals surface area contributed by atoms with Gasteiger partial charge in [0.25, 0.3) is 5.78 Å². The second-order valence-corrected chi connectivity index (χ2v) is 10.0. The second kappa shape index (κ2) is 7.66. The SMILES string of the molecule is CN(c1cccc(-c2ccc(N3CC4(COC4)C3)cc2)c1)c1nc2nncn2c2cc(Cl)ccc12. The van der Waals surface area contributed by atoms with Crippen LogP contribution in [-0.4, -0.2) is 52.9 Å². The predicted octanol–water partition coefficient (Wildman–Crippen LogP) is 5.20. The van der Waals surface area contributed by atoms with Crippen molar-refractivity contribution in [3.05, 3.63) is 78.1 Å². The molecule has 2 fully saturated rings. The highest BCUT2D eigenvalue weighted by molar-refractivity contribution is 6.31. The molecular formula is C27H23ClN6O. The molecule has 0 radical (unpaired) electrons. The first kappa shape index (κ1) is 20.7. The minimum atomic E-state index is 0.413. The van der Waals surface area contributed by atoms with Crippen LogP contribution in [0.1, 0.15) is 0 Å². The minimum Gasteiger partial charge on any atom is -0.380 e. The van der Waals surface area contributed by atoms with Crippen molar-refractivity contribution in [1.29, 1.82) is 0 Å². The van der Waals surface area contributed by atoms with E-state index in [0.717, 1.165) is 54.3 Å². The van der Waals surface area contributed by atoms with Gasteiger partial charge in [0.05, 0.1) is 24.1 Å². The van der Waals surface area contributed by atoms with Crippen molar-refractivity contribution in [2.24, 2.45) is 5.41 Å². The Morgan fingerprint density at radius 3 is 2.57 bits per heavy atom. The summed E-state index contributed by atoms with van der Waals surface area (Å²) in [5.74, 6) is 1.34. The van der Waals surface area contributed by atoms with E-state index in [1.54, 1.807) is 6.33 Å².